The van der Waals surface area contributed by atoms with E-state index >= 15 is 0 Å². The first-order chi connectivity index (χ1) is 13.8. The van der Waals surface area contributed by atoms with Crippen LogP contribution in [0.4, 0.5) is 4.39 Å². The van der Waals surface area contributed by atoms with Crippen molar-refractivity contribution in [3.05, 3.63) is 41.3 Å². The third-order valence-electron chi connectivity index (χ3n) is 4.90. The summed E-state index contributed by atoms with van der Waals surface area (Å²) < 4.78 is 25.1. The number of tetrazole rings is 1. The van der Waals surface area contributed by atoms with Crippen molar-refractivity contribution in [1.29, 1.82) is 0 Å². The summed E-state index contributed by atoms with van der Waals surface area (Å²) in [6.07, 6.45) is 5.01. The van der Waals surface area contributed by atoms with Gasteiger partial charge in [-0.2, -0.15) is 5.21 Å². The third kappa shape index (κ3) is 3.73. The van der Waals surface area contributed by atoms with Gasteiger partial charge in [-0.05, 0) is 54.2 Å². The summed E-state index contributed by atoms with van der Waals surface area (Å²) in [5, 5.41) is 14.5. The van der Waals surface area contributed by atoms with Gasteiger partial charge < -0.3 is 9.47 Å². The molecule has 1 aliphatic carbocycles. The lowest BCUT2D eigenvalue weighted by Crippen LogP contribution is -2.11. The van der Waals surface area contributed by atoms with Crippen LogP contribution >= 0.6 is 0 Å². The molecule has 146 valence electrons. The van der Waals surface area contributed by atoms with Crippen LogP contribution in [0.1, 0.15) is 30.5 Å². The van der Waals surface area contributed by atoms with Gasteiger partial charge in [-0.3, -0.25) is 0 Å². The zero-order chi connectivity index (χ0) is 19.3. The van der Waals surface area contributed by atoms with Gasteiger partial charge in [0.15, 0.2) is 0 Å². The van der Waals surface area contributed by atoms with Crippen LogP contribution in [-0.4, -0.2) is 45.9 Å². The number of ether oxygens (including phenoxy) is 2. The lowest BCUT2D eigenvalue weighted by Gasteiger charge is -2.19. The van der Waals surface area contributed by atoms with Gasteiger partial charge in [-0.25, -0.2) is 9.37 Å². The summed E-state index contributed by atoms with van der Waals surface area (Å²) in [4.78, 5) is 4.82. The average molecular weight is 383 g/mol. The SMILES string of the molecule is COCCOc1nc2c(c(-c3cccc(F)c3)c1-c1nn[nH]n1)CCCCC2. The maximum absolute atomic E-state index is 14.1. The first-order valence-electron chi connectivity index (χ1n) is 9.45. The van der Waals surface area contributed by atoms with Crippen LogP contribution in [0.2, 0.25) is 0 Å². The van der Waals surface area contributed by atoms with E-state index in [1.807, 2.05) is 6.07 Å². The van der Waals surface area contributed by atoms with Gasteiger partial charge in [-0.15, -0.1) is 10.2 Å². The molecule has 2 aromatic heterocycles. The zero-order valence-corrected chi connectivity index (χ0v) is 15.7. The number of hydrogen-bond donors (Lipinski definition) is 1. The van der Waals surface area contributed by atoms with E-state index in [-0.39, 0.29) is 5.82 Å². The van der Waals surface area contributed by atoms with Gasteiger partial charge in [0, 0.05) is 18.4 Å². The molecule has 1 aliphatic rings. The molecule has 1 N–H and O–H groups in total. The van der Waals surface area contributed by atoms with Crippen LogP contribution in [0.5, 0.6) is 5.88 Å². The molecule has 0 bridgehead atoms. The molecule has 7 nitrogen and oxygen atoms in total. The van der Waals surface area contributed by atoms with E-state index in [9.17, 15) is 4.39 Å². The molecule has 0 atom stereocenters. The number of aromatic nitrogens is 5. The maximum Gasteiger partial charge on any atom is 0.225 e. The van der Waals surface area contributed by atoms with E-state index < -0.39 is 0 Å². The number of aryl methyl sites for hydroxylation is 1. The second kappa shape index (κ2) is 8.43. The molecule has 8 heteroatoms. The molecule has 0 spiro atoms. The topological polar surface area (TPSA) is 85.8 Å². The van der Waals surface area contributed by atoms with E-state index in [0.717, 1.165) is 54.5 Å². The Labute approximate surface area is 162 Å². The number of pyridine rings is 1. The van der Waals surface area contributed by atoms with Crippen molar-refractivity contribution in [3.8, 4) is 28.4 Å². The summed E-state index contributed by atoms with van der Waals surface area (Å²) in [5.41, 5.74) is 4.38. The minimum absolute atomic E-state index is 0.294. The number of halogens is 1. The van der Waals surface area contributed by atoms with E-state index in [2.05, 4.69) is 20.6 Å². The maximum atomic E-state index is 14.1. The summed E-state index contributed by atoms with van der Waals surface area (Å²) in [6, 6.07) is 6.57. The van der Waals surface area contributed by atoms with E-state index in [1.54, 1.807) is 13.2 Å². The fourth-order valence-electron chi connectivity index (χ4n) is 3.66. The molecule has 1 aromatic carbocycles. The van der Waals surface area contributed by atoms with Gasteiger partial charge >= 0.3 is 0 Å². The number of aromatic amines is 1. The zero-order valence-electron chi connectivity index (χ0n) is 15.7. The number of rotatable bonds is 6. The second-order valence-electron chi connectivity index (χ2n) is 6.74. The predicted molar refractivity (Wildman–Crippen MR) is 101 cm³/mol. The molecule has 0 saturated carbocycles. The fraction of sp³-hybridized carbons (Fsp3) is 0.400. The molecule has 3 aromatic rings. The number of methoxy groups -OCH3 is 1. The highest BCUT2D eigenvalue weighted by Gasteiger charge is 2.26. The molecule has 0 fully saturated rings. The first kappa shape index (κ1) is 18.5. The van der Waals surface area contributed by atoms with Crippen molar-refractivity contribution in [3.63, 3.8) is 0 Å². The number of H-pyrrole nitrogens is 1. The van der Waals surface area contributed by atoms with E-state index in [0.29, 0.717) is 30.5 Å². The Hall–Kier alpha value is -2.87. The summed E-state index contributed by atoms with van der Waals surface area (Å²) in [7, 11) is 1.62. The van der Waals surface area contributed by atoms with Gasteiger partial charge in [0.2, 0.25) is 11.7 Å². The van der Waals surface area contributed by atoms with Gasteiger partial charge in [-0.1, -0.05) is 18.6 Å². The number of nitrogens with one attached hydrogen (secondary N) is 1. The highest BCUT2D eigenvalue weighted by Crippen LogP contribution is 2.42. The third-order valence-corrected chi connectivity index (χ3v) is 4.90. The van der Waals surface area contributed by atoms with E-state index in [1.165, 1.54) is 12.1 Å². The van der Waals surface area contributed by atoms with Crippen LogP contribution in [0.15, 0.2) is 24.3 Å². The van der Waals surface area contributed by atoms with Crippen LogP contribution in [0, 0.1) is 5.82 Å². The molecular formula is C20H22FN5O2. The molecule has 2 heterocycles. The molecule has 0 aliphatic heterocycles. The molecule has 0 unspecified atom stereocenters. The largest absolute Gasteiger partial charge is 0.475 e. The second-order valence-corrected chi connectivity index (χ2v) is 6.74. The van der Waals surface area contributed by atoms with Gasteiger partial charge in [0.25, 0.3) is 0 Å². The Balaban J connectivity index is 1.97. The van der Waals surface area contributed by atoms with Crippen molar-refractivity contribution < 1.29 is 13.9 Å². The first-order valence-corrected chi connectivity index (χ1v) is 9.45. The number of benzene rings is 1. The Morgan fingerprint density at radius 2 is 2.00 bits per heavy atom. The van der Waals surface area contributed by atoms with Gasteiger partial charge in [0.1, 0.15) is 12.4 Å². The molecule has 4 rings (SSSR count). The van der Waals surface area contributed by atoms with Gasteiger partial charge in [0.05, 0.1) is 12.2 Å². The minimum atomic E-state index is -0.294. The van der Waals surface area contributed by atoms with Crippen molar-refractivity contribution in [2.24, 2.45) is 0 Å². The summed E-state index contributed by atoms with van der Waals surface area (Å²) in [6.45, 7) is 0.773. The molecule has 28 heavy (non-hydrogen) atoms. The molecule has 0 radical (unpaired) electrons. The van der Waals surface area contributed by atoms with Crippen LogP contribution in [0.25, 0.3) is 22.5 Å². The van der Waals surface area contributed by atoms with Crippen LogP contribution < -0.4 is 4.74 Å². The Morgan fingerprint density at radius 1 is 1.11 bits per heavy atom. The van der Waals surface area contributed by atoms with Crippen molar-refractivity contribution in [1.82, 2.24) is 25.6 Å². The number of fused-ring (bicyclic) bond motifs is 1. The van der Waals surface area contributed by atoms with Crippen molar-refractivity contribution in [2.75, 3.05) is 20.3 Å². The lowest BCUT2D eigenvalue weighted by molar-refractivity contribution is 0.144. The smallest absolute Gasteiger partial charge is 0.225 e. The molecular weight excluding hydrogens is 361 g/mol. The number of nitrogens with zero attached hydrogens (tertiary/aromatic N) is 4. The minimum Gasteiger partial charge on any atom is -0.475 e. The predicted octanol–water partition coefficient (Wildman–Crippen LogP) is 3.36. The van der Waals surface area contributed by atoms with Crippen molar-refractivity contribution in [2.45, 2.75) is 32.1 Å². The highest BCUT2D eigenvalue weighted by atomic mass is 19.1. The van der Waals surface area contributed by atoms with Crippen molar-refractivity contribution >= 4 is 0 Å². The Bertz CT molecular complexity index is 946. The quantitative estimate of drug-likeness (QED) is 0.519. The summed E-state index contributed by atoms with van der Waals surface area (Å²) in [5.74, 6) is 0.516. The van der Waals surface area contributed by atoms with E-state index in [4.69, 9.17) is 14.5 Å². The average Bonchev–Trinajstić information content (AvgIpc) is 3.12. The Morgan fingerprint density at radius 3 is 2.79 bits per heavy atom. The van der Waals surface area contributed by atoms with Crippen LogP contribution in [0.3, 0.4) is 0 Å². The summed E-state index contributed by atoms with van der Waals surface area (Å²) >= 11 is 0. The molecule has 0 amide bonds. The fourth-order valence-corrected chi connectivity index (χ4v) is 3.66. The number of hydrogen-bond acceptors (Lipinski definition) is 6. The van der Waals surface area contributed by atoms with Crippen LogP contribution in [-0.2, 0) is 17.6 Å². The monoisotopic (exact) mass is 383 g/mol. The molecule has 0 saturated heterocycles. The Kier molecular flexibility index (Phi) is 5.57. The highest BCUT2D eigenvalue weighted by molar-refractivity contribution is 5.86. The standard InChI is InChI=1S/C20H22FN5O2/c1-27-10-11-28-20-18(19-23-25-26-24-19)17(13-6-5-7-14(21)12-13)15-8-3-2-4-9-16(15)22-20/h5-7,12H,2-4,8-11H2,1H3,(H,23,24,25,26). The lowest BCUT2D eigenvalue weighted by atomic mass is 9.91. The normalized spacial score (nSPS) is 13.8.